The van der Waals surface area contributed by atoms with Crippen LogP contribution in [0.4, 0.5) is 11.4 Å². The van der Waals surface area contributed by atoms with Crippen molar-refractivity contribution in [2.75, 3.05) is 23.7 Å². The number of hydrogen-bond donors (Lipinski definition) is 1. The van der Waals surface area contributed by atoms with Crippen molar-refractivity contribution in [3.8, 4) is 0 Å². The first kappa shape index (κ1) is 12.6. The van der Waals surface area contributed by atoms with E-state index in [4.69, 9.17) is 17.3 Å². The molecule has 0 aromatic heterocycles. The molecule has 1 saturated heterocycles. The van der Waals surface area contributed by atoms with Gasteiger partial charge in [-0.3, -0.25) is 0 Å². The number of para-hydroxylation sites is 1. The van der Waals surface area contributed by atoms with Crippen molar-refractivity contribution >= 4 is 23.0 Å². The van der Waals surface area contributed by atoms with Crippen molar-refractivity contribution < 1.29 is 0 Å². The zero-order valence-electron chi connectivity index (χ0n) is 10.6. The summed E-state index contributed by atoms with van der Waals surface area (Å²) in [7, 11) is 0. The van der Waals surface area contributed by atoms with Gasteiger partial charge in [0.05, 0.1) is 16.4 Å². The van der Waals surface area contributed by atoms with E-state index in [9.17, 15) is 0 Å². The molecular weight excluding hydrogens is 232 g/mol. The van der Waals surface area contributed by atoms with Gasteiger partial charge in [0.15, 0.2) is 0 Å². The lowest BCUT2D eigenvalue weighted by Gasteiger charge is -2.36. The molecule has 2 N–H and O–H groups in total. The Morgan fingerprint density at radius 1 is 1.29 bits per heavy atom. The van der Waals surface area contributed by atoms with E-state index in [1.54, 1.807) is 0 Å². The quantitative estimate of drug-likeness (QED) is 0.812. The molecule has 1 aromatic rings. The summed E-state index contributed by atoms with van der Waals surface area (Å²) in [6.07, 6.45) is 2.48. The lowest BCUT2D eigenvalue weighted by molar-refractivity contribution is 0.311. The van der Waals surface area contributed by atoms with Gasteiger partial charge in [0.25, 0.3) is 0 Å². The van der Waals surface area contributed by atoms with Gasteiger partial charge < -0.3 is 10.6 Å². The van der Waals surface area contributed by atoms with Crippen LogP contribution in [0.15, 0.2) is 18.2 Å². The van der Waals surface area contributed by atoms with Gasteiger partial charge in [-0.25, -0.2) is 0 Å². The highest BCUT2D eigenvalue weighted by Crippen LogP contribution is 2.35. The topological polar surface area (TPSA) is 29.3 Å². The average molecular weight is 253 g/mol. The molecule has 94 valence electrons. The van der Waals surface area contributed by atoms with Crippen LogP contribution in [0.25, 0.3) is 0 Å². The fourth-order valence-electron chi connectivity index (χ4n) is 2.66. The van der Waals surface area contributed by atoms with E-state index >= 15 is 0 Å². The van der Waals surface area contributed by atoms with Gasteiger partial charge in [-0.05, 0) is 36.8 Å². The summed E-state index contributed by atoms with van der Waals surface area (Å²) >= 11 is 6.24. The third kappa shape index (κ3) is 2.68. The molecular formula is C14H21ClN2. The van der Waals surface area contributed by atoms with Gasteiger partial charge in [0, 0.05) is 13.1 Å². The highest BCUT2D eigenvalue weighted by molar-refractivity contribution is 6.34. The van der Waals surface area contributed by atoms with Crippen molar-refractivity contribution in [3.05, 3.63) is 23.2 Å². The minimum absolute atomic E-state index is 0.771. The molecule has 0 atom stereocenters. The molecule has 0 bridgehead atoms. The van der Waals surface area contributed by atoms with E-state index < -0.39 is 0 Å². The summed E-state index contributed by atoms with van der Waals surface area (Å²) in [5, 5.41) is 0.771. The van der Waals surface area contributed by atoms with E-state index in [0.29, 0.717) is 0 Å². The highest BCUT2D eigenvalue weighted by Gasteiger charge is 2.23. The number of nitrogens with two attached hydrogens (primary N) is 1. The Bertz CT molecular complexity index is 362. The zero-order valence-corrected chi connectivity index (χ0v) is 11.4. The summed E-state index contributed by atoms with van der Waals surface area (Å²) in [4.78, 5) is 2.33. The molecule has 0 aliphatic carbocycles. The van der Waals surface area contributed by atoms with E-state index in [-0.39, 0.29) is 0 Å². The van der Waals surface area contributed by atoms with Crippen molar-refractivity contribution in [3.63, 3.8) is 0 Å². The Balaban J connectivity index is 2.11. The van der Waals surface area contributed by atoms with Gasteiger partial charge in [0.2, 0.25) is 0 Å². The average Bonchev–Trinajstić information content (AvgIpc) is 2.29. The smallest absolute Gasteiger partial charge is 0.0789 e. The minimum atomic E-state index is 0.771. The maximum absolute atomic E-state index is 6.24. The van der Waals surface area contributed by atoms with Crippen molar-refractivity contribution in [1.29, 1.82) is 0 Å². The predicted octanol–water partition coefficient (Wildman–Crippen LogP) is 3.79. The third-order valence-electron chi connectivity index (χ3n) is 3.82. The molecule has 0 saturated carbocycles. The molecule has 0 spiro atoms. The second kappa shape index (κ2) is 5.18. The summed E-state index contributed by atoms with van der Waals surface area (Å²) < 4.78 is 0. The van der Waals surface area contributed by atoms with Gasteiger partial charge in [-0.2, -0.15) is 0 Å². The second-order valence-electron chi connectivity index (χ2n) is 5.25. The number of hydrogen-bond acceptors (Lipinski definition) is 2. The van der Waals surface area contributed by atoms with Crippen molar-refractivity contribution in [1.82, 2.24) is 0 Å². The number of halogens is 1. The van der Waals surface area contributed by atoms with Crippen LogP contribution in [0.3, 0.4) is 0 Å². The first-order chi connectivity index (χ1) is 8.09. The number of anilines is 2. The number of rotatable bonds is 2. The molecule has 0 unspecified atom stereocenters. The molecule has 3 heteroatoms. The summed E-state index contributed by atoms with van der Waals surface area (Å²) in [5.74, 6) is 1.62. The Labute approximate surface area is 109 Å². The fraction of sp³-hybridized carbons (Fsp3) is 0.571. The maximum Gasteiger partial charge on any atom is 0.0789 e. The number of nitrogens with zero attached hydrogens (tertiary/aromatic N) is 1. The van der Waals surface area contributed by atoms with Crippen LogP contribution in [-0.4, -0.2) is 13.1 Å². The van der Waals surface area contributed by atoms with Crippen LogP contribution in [0.5, 0.6) is 0 Å². The van der Waals surface area contributed by atoms with E-state index in [2.05, 4.69) is 18.7 Å². The number of piperidine rings is 1. The molecule has 2 rings (SSSR count). The van der Waals surface area contributed by atoms with E-state index in [1.807, 2.05) is 18.2 Å². The van der Waals surface area contributed by atoms with Crippen LogP contribution < -0.4 is 10.6 Å². The largest absolute Gasteiger partial charge is 0.397 e. The normalized spacial score (nSPS) is 17.8. The van der Waals surface area contributed by atoms with Gasteiger partial charge in [-0.15, -0.1) is 0 Å². The van der Waals surface area contributed by atoms with Gasteiger partial charge in [0.1, 0.15) is 0 Å². The molecule has 0 radical (unpaired) electrons. The third-order valence-corrected chi connectivity index (χ3v) is 4.12. The predicted molar refractivity (Wildman–Crippen MR) is 75.6 cm³/mol. The van der Waals surface area contributed by atoms with E-state index in [1.165, 1.54) is 12.8 Å². The molecule has 1 aliphatic rings. The number of benzene rings is 1. The lowest BCUT2D eigenvalue weighted by atomic mass is 9.86. The molecule has 2 nitrogen and oxygen atoms in total. The molecule has 1 aliphatic heterocycles. The standard InChI is InChI=1S/C14H21ClN2/c1-10(2)11-6-8-17(9-7-11)14-12(15)4-3-5-13(14)16/h3-5,10-11H,6-9,16H2,1-2H3. The Kier molecular flexibility index (Phi) is 3.82. The SMILES string of the molecule is CC(C)C1CCN(c2c(N)cccc2Cl)CC1. The first-order valence-corrected chi connectivity index (χ1v) is 6.76. The van der Waals surface area contributed by atoms with Crippen LogP contribution in [0.1, 0.15) is 26.7 Å². The Morgan fingerprint density at radius 3 is 2.47 bits per heavy atom. The van der Waals surface area contributed by atoms with Crippen LogP contribution in [0, 0.1) is 11.8 Å². The first-order valence-electron chi connectivity index (χ1n) is 6.38. The Hall–Kier alpha value is -0.890. The zero-order chi connectivity index (χ0) is 12.4. The van der Waals surface area contributed by atoms with Gasteiger partial charge >= 0.3 is 0 Å². The van der Waals surface area contributed by atoms with Gasteiger partial charge in [-0.1, -0.05) is 31.5 Å². The molecule has 0 amide bonds. The second-order valence-corrected chi connectivity index (χ2v) is 5.65. The molecule has 1 heterocycles. The van der Waals surface area contributed by atoms with Crippen molar-refractivity contribution in [2.45, 2.75) is 26.7 Å². The van der Waals surface area contributed by atoms with Crippen LogP contribution in [0.2, 0.25) is 5.02 Å². The Morgan fingerprint density at radius 2 is 1.94 bits per heavy atom. The highest BCUT2D eigenvalue weighted by atomic mass is 35.5. The number of nitrogen functional groups attached to an aromatic ring is 1. The molecule has 1 aromatic carbocycles. The summed E-state index contributed by atoms with van der Waals surface area (Å²) in [6, 6.07) is 5.75. The monoisotopic (exact) mass is 252 g/mol. The fourth-order valence-corrected chi connectivity index (χ4v) is 2.96. The molecule has 1 fully saturated rings. The maximum atomic E-state index is 6.24. The van der Waals surface area contributed by atoms with Crippen LogP contribution in [-0.2, 0) is 0 Å². The summed E-state index contributed by atoms with van der Waals surface area (Å²) in [5.41, 5.74) is 7.84. The van der Waals surface area contributed by atoms with Crippen molar-refractivity contribution in [2.24, 2.45) is 11.8 Å². The van der Waals surface area contributed by atoms with Crippen LogP contribution >= 0.6 is 11.6 Å². The lowest BCUT2D eigenvalue weighted by Crippen LogP contribution is -2.35. The van der Waals surface area contributed by atoms with E-state index in [0.717, 1.165) is 41.3 Å². The molecule has 17 heavy (non-hydrogen) atoms. The minimum Gasteiger partial charge on any atom is -0.397 e. The summed E-state index contributed by atoms with van der Waals surface area (Å²) in [6.45, 7) is 6.75.